The average molecular weight is 585 g/mol. The van der Waals surface area contributed by atoms with E-state index < -0.39 is 31.7 Å². The molecule has 0 saturated carbocycles. The average Bonchev–Trinajstić information content (AvgIpc) is 2.83. The van der Waals surface area contributed by atoms with Crippen LogP contribution in [0.3, 0.4) is 0 Å². The van der Waals surface area contributed by atoms with Gasteiger partial charge in [-0.05, 0) is 25.7 Å². The number of unbranched alkanes of at least 4 members (excludes halogenated alkanes) is 11. The molecule has 0 unspecified atom stereocenters. The summed E-state index contributed by atoms with van der Waals surface area (Å²) in [5, 5.41) is 0. The van der Waals surface area contributed by atoms with Gasteiger partial charge < -0.3 is 9.80 Å². The van der Waals surface area contributed by atoms with Crippen LogP contribution < -0.4 is 0 Å². The van der Waals surface area contributed by atoms with Crippen LogP contribution in [0.5, 0.6) is 0 Å². The van der Waals surface area contributed by atoms with Crippen LogP contribution in [-0.2, 0) is 29.8 Å². The summed E-state index contributed by atoms with van der Waals surface area (Å²) in [6, 6.07) is 0. The first-order valence-corrected chi connectivity index (χ1v) is 17.6. The number of amides is 2. The highest BCUT2D eigenvalue weighted by Gasteiger charge is 2.18. The molecule has 0 atom stereocenters. The fourth-order valence-electron chi connectivity index (χ4n) is 4.21. The van der Waals surface area contributed by atoms with Crippen LogP contribution in [0.2, 0.25) is 0 Å². The normalized spacial score (nSPS) is 12.0. The maximum atomic E-state index is 12.7. The van der Waals surface area contributed by atoms with E-state index in [2.05, 4.69) is 13.8 Å². The first-order chi connectivity index (χ1) is 17.9. The summed E-state index contributed by atoms with van der Waals surface area (Å²) in [6.07, 6.45) is 13.6. The molecule has 0 spiro atoms. The van der Waals surface area contributed by atoms with Crippen LogP contribution in [-0.4, -0.2) is 85.2 Å². The minimum absolute atomic E-state index is 0.0623. The summed E-state index contributed by atoms with van der Waals surface area (Å²) >= 11 is 0. The van der Waals surface area contributed by atoms with Gasteiger partial charge in [-0.15, -0.1) is 0 Å². The number of nitrogens with zero attached hydrogens (tertiary/aromatic N) is 2. The van der Waals surface area contributed by atoms with E-state index in [1.54, 1.807) is 0 Å². The molecule has 0 saturated heterocycles. The van der Waals surface area contributed by atoms with Crippen LogP contribution in [0, 0.1) is 0 Å². The zero-order valence-corrected chi connectivity index (χ0v) is 25.2. The van der Waals surface area contributed by atoms with E-state index in [9.17, 15) is 26.4 Å². The van der Waals surface area contributed by atoms with E-state index in [-0.39, 0.29) is 37.7 Å². The van der Waals surface area contributed by atoms with Gasteiger partial charge in [-0.3, -0.25) is 18.7 Å². The van der Waals surface area contributed by atoms with Gasteiger partial charge in [-0.1, -0.05) is 78.1 Å². The van der Waals surface area contributed by atoms with Crippen molar-refractivity contribution in [2.45, 2.75) is 117 Å². The Bertz CT molecular complexity index is 777. The van der Waals surface area contributed by atoms with Crippen LogP contribution in [0.4, 0.5) is 0 Å². The molecule has 0 rings (SSSR count). The van der Waals surface area contributed by atoms with E-state index in [1.165, 1.54) is 9.80 Å². The van der Waals surface area contributed by atoms with Gasteiger partial charge >= 0.3 is 0 Å². The molecule has 0 heterocycles. The summed E-state index contributed by atoms with van der Waals surface area (Å²) in [5.41, 5.74) is 0. The molecule has 0 aromatic carbocycles. The number of carbonyl (C=O) groups is 2. The second kappa shape index (κ2) is 21.6. The van der Waals surface area contributed by atoms with Gasteiger partial charge in [-0.2, -0.15) is 16.8 Å². The highest BCUT2D eigenvalue weighted by atomic mass is 32.2. The third kappa shape index (κ3) is 22.7. The molecule has 10 nitrogen and oxygen atoms in total. The Labute approximate surface area is 231 Å². The number of hydrogen-bond acceptors (Lipinski definition) is 6. The van der Waals surface area contributed by atoms with E-state index in [1.807, 2.05) is 0 Å². The van der Waals surface area contributed by atoms with Crippen molar-refractivity contribution in [1.29, 1.82) is 0 Å². The van der Waals surface area contributed by atoms with E-state index >= 15 is 0 Å². The van der Waals surface area contributed by atoms with E-state index in [0.29, 0.717) is 25.9 Å². The van der Waals surface area contributed by atoms with Gasteiger partial charge in [0.1, 0.15) is 0 Å². The van der Waals surface area contributed by atoms with Crippen LogP contribution in [0.25, 0.3) is 0 Å². The van der Waals surface area contributed by atoms with Crippen molar-refractivity contribution in [3.8, 4) is 0 Å². The fourth-order valence-corrected chi connectivity index (χ4v) is 5.11. The molecule has 0 aromatic rings. The molecule has 38 heavy (non-hydrogen) atoms. The van der Waals surface area contributed by atoms with E-state index in [4.69, 9.17) is 9.11 Å². The number of carbonyl (C=O) groups excluding carboxylic acids is 2. The molecule has 0 aliphatic rings. The van der Waals surface area contributed by atoms with Gasteiger partial charge in [0.15, 0.2) is 0 Å². The molecule has 0 aromatic heterocycles. The molecule has 2 N–H and O–H groups in total. The lowest BCUT2D eigenvalue weighted by atomic mass is 10.1. The first kappa shape index (κ1) is 36.8. The van der Waals surface area contributed by atoms with Gasteiger partial charge in [0.25, 0.3) is 20.2 Å². The fraction of sp³-hybridized carbons (Fsp3) is 0.923. The van der Waals surface area contributed by atoms with Crippen molar-refractivity contribution in [3.63, 3.8) is 0 Å². The Morgan fingerprint density at radius 1 is 0.500 bits per heavy atom. The van der Waals surface area contributed by atoms with Crippen LogP contribution in [0.1, 0.15) is 117 Å². The zero-order chi connectivity index (χ0) is 28.9. The van der Waals surface area contributed by atoms with Crippen molar-refractivity contribution in [3.05, 3.63) is 0 Å². The van der Waals surface area contributed by atoms with Gasteiger partial charge in [0.2, 0.25) is 11.8 Å². The smallest absolute Gasteiger partial charge is 0.266 e. The quantitative estimate of drug-likeness (QED) is 0.116. The van der Waals surface area contributed by atoms with Gasteiger partial charge in [-0.25, -0.2) is 0 Å². The summed E-state index contributed by atoms with van der Waals surface area (Å²) in [6.45, 7) is 5.01. The number of rotatable bonds is 25. The monoisotopic (exact) mass is 584 g/mol. The summed E-state index contributed by atoms with van der Waals surface area (Å²) in [5.74, 6) is -1.42. The van der Waals surface area contributed by atoms with Crippen molar-refractivity contribution in [1.82, 2.24) is 9.80 Å². The van der Waals surface area contributed by atoms with E-state index in [0.717, 1.165) is 77.0 Å². The summed E-state index contributed by atoms with van der Waals surface area (Å²) in [4.78, 5) is 28.4. The predicted molar refractivity (Wildman–Crippen MR) is 151 cm³/mol. The largest absolute Gasteiger partial charge is 0.342 e. The minimum Gasteiger partial charge on any atom is -0.342 e. The lowest BCUT2D eigenvalue weighted by Crippen LogP contribution is -2.36. The van der Waals surface area contributed by atoms with Gasteiger partial charge in [0, 0.05) is 39.0 Å². The Kier molecular flexibility index (Phi) is 20.9. The second-order valence-corrected chi connectivity index (χ2v) is 13.2. The van der Waals surface area contributed by atoms with Crippen molar-refractivity contribution in [2.24, 2.45) is 0 Å². The molecule has 12 heteroatoms. The van der Waals surface area contributed by atoms with Crippen LogP contribution >= 0.6 is 0 Å². The third-order valence-corrected chi connectivity index (χ3v) is 7.94. The Balaban J connectivity index is 4.67. The molecule has 0 radical (unpaired) electrons. The molecule has 0 aliphatic heterocycles. The highest BCUT2D eigenvalue weighted by molar-refractivity contribution is 7.86. The second-order valence-electron chi connectivity index (χ2n) is 10.1. The lowest BCUT2D eigenvalue weighted by molar-refractivity contribution is -0.133. The molecule has 2 amide bonds. The Hall–Kier alpha value is -1.24. The third-order valence-electron chi connectivity index (χ3n) is 6.54. The maximum Gasteiger partial charge on any atom is 0.266 e. The molecule has 0 fully saturated rings. The summed E-state index contributed by atoms with van der Waals surface area (Å²) < 4.78 is 62.9. The maximum absolute atomic E-state index is 12.7. The SMILES string of the molecule is CCCCCCCCN(CCS(=O)(=O)O)C(=O)CCCCC(=O)N(CCCCCCCC)CCS(=O)(=O)O. The van der Waals surface area contributed by atoms with Crippen molar-refractivity contribution < 1.29 is 35.5 Å². The molecule has 226 valence electrons. The molecular formula is C26H52N2O8S2. The van der Waals surface area contributed by atoms with Gasteiger partial charge in [0.05, 0.1) is 11.5 Å². The number of hydrogen-bond donors (Lipinski definition) is 2. The van der Waals surface area contributed by atoms with Crippen LogP contribution in [0.15, 0.2) is 0 Å². The first-order valence-electron chi connectivity index (χ1n) is 14.4. The minimum atomic E-state index is -4.18. The Morgan fingerprint density at radius 3 is 1.13 bits per heavy atom. The standard InChI is InChI=1S/C26H52N2O8S2/c1-3-5-7-9-11-15-19-27(21-23-37(31,32)33)25(29)17-13-14-18-26(30)28(22-24-38(34,35)36)20-16-12-10-8-6-4-2/h3-24H2,1-2H3,(H,31,32,33)(H,34,35,36). The zero-order valence-electron chi connectivity index (χ0n) is 23.6. The van der Waals surface area contributed by atoms with Crippen molar-refractivity contribution >= 4 is 32.1 Å². The molecular weight excluding hydrogens is 532 g/mol. The Morgan fingerprint density at radius 2 is 0.816 bits per heavy atom. The summed E-state index contributed by atoms with van der Waals surface area (Å²) in [7, 11) is -8.35. The predicted octanol–water partition coefficient (Wildman–Crippen LogP) is 4.70. The topological polar surface area (TPSA) is 149 Å². The molecule has 0 aliphatic carbocycles. The highest BCUT2D eigenvalue weighted by Crippen LogP contribution is 2.11. The van der Waals surface area contributed by atoms with Crippen molar-refractivity contribution in [2.75, 3.05) is 37.7 Å². The lowest BCUT2D eigenvalue weighted by Gasteiger charge is -2.23. The molecule has 0 bridgehead atoms.